The number of hydrogen-bond donors (Lipinski definition) is 2. The molecule has 1 aliphatic rings. The zero-order valence-corrected chi connectivity index (χ0v) is 12.3. The number of aromatic nitrogens is 2. The Bertz CT molecular complexity index is 482. The number of thiol groups is 1. The van der Waals surface area contributed by atoms with Gasteiger partial charge in [-0.25, -0.2) is 4.98 Å². The van der Waals surface area contributed by atoms with Gasteiger partial charge >= 0.3 is 0 Å². The Morgan fingerprint density at radius 2 is 2.28 bits per heavy atom. The molecule has 0 aliphatic carbocycles. The maximum atomic E-state index is 9.56. The first-order valence-corrected chi connectivity index (χ1v) is 7.70. The smallest absolute Gasteiger partial charge is 0.217 e. The molecular formula is C10H13ClN2O3S2. The molecule has 0 radical (unpaired) electrons. The maximum absolute atomic E-state index is 9.56. The Morgan fingerprint density at radius 1 is 1.61 bits per heavy atom. The van der Waals surface area contributed by atoms with Gasteiger partial charge in [0.05, 0.1) is 20.3 Å². The van der Waals surface area contributed by atoms with Crippen LogP contribution in [-0.4, -0.2) is 46.0 Å². The van der Waals surface area contributed by atoms with Crippen LogP contribution in [0.15, 0.2) is 6.07 Å². The van der Waals surface area contributed by atoms with Crippen molar-refractivity contribution >= 4 is 39.1 Å². The van der Waals surface area contributed by atoms with Crippen LogP contribution < -0.4 is 4.74 Å². The van der Waals surface area contributed by atoms with Gasteiger partial charge in [-0.3, -0.25) is 0 Å². The number of thiocarbonyl (C=S) groups is 1. The predicted molar refractivity (Wildman–Crippen MR) is 76.2 cm³/mol. The van der Waals surface area contributed by atoms with Crippen LogP contribution in [0.5, 0.6) is 5.88 Å². The third-order valence-corrected chi connectivity index (χ3v) is 6.24. The average Bonchev–Trinajstić information content (AvgIpc) is 2.26. The van der Waals surface area contributed by atoms with Gasteiger partial charge in [0.1, 0.15) is 9.90 Å². The molecule has 1 fully saturated rings. The number of halogens is 1. The van der Waals surface area contributed by atoms with Crippen molar-refractivity contribution in [3.05, 3.63) is 17.0 Å². The fourth-order valence-electron chi connectivity index (χ4n) is 1.66. The molecular weight excluding hydrogens is 296 g/mol. The monoisotopic (exact) mass is 308 g/mol. The van der Waals surface area contributed by atoms with E-state index in [1.54, 1.807) is 0 Å². The van der Waals surface area contributed by atoms with Crippen molar-refractivity contribution in [2.45, 2.75) is 4.75 Å². The summed E-state index contributed by atoms with van der Waals surface area (Å²) >= 11 is 10.8. The van der Waals surface area contributed by atoms with Gasteiger partial charge in [-0.2, -0.15) is 15.9 Å². The molecule has 1 aliphatic heterocycles. The molecule has 0 saturated carbocycles. The SMILES string of the molecule is COc1cc(Cl)nc(C2([SH](C)C(O)=S)COC2)n1. The lowest BCUT2D eigenvalue weighted by molar-refractivity contribution is -0.0154. The van der Waals surface area contributed by atoms with Gasteiger partial charge in [0, 0.05) is 6.07 Å². The fraction of sp³-hybridized carbons (Fsp3) is 0.500. The minimum atomic E-state index is -0.982. The summed E-state index contributed by atoms with van der Waals surface area (Å²) in [6.07, 6.45) is 1.89. The van der Waals surface area contributed by atoms with Gasteiger partial charge in [-0.05, 0) is 18.5 Å². The Hall–Kier alpha value is -0.630. The van der Waals surface area contributed by atoms with E-state index in [9.17, 15) is 5.11 Å². The first kappa shape index (κ1) is 13.8. The number of aliphatic hydroxyl groups excluding tert-OH is 1. The van der Waals surface area contributed by atoms with Gasteiger partial charge in [-0.15, -0.1) is 0 Å². The first-order valence-electron chi connectivity index (χ1n) is 5.13. The summed E-state index contributed by atoms with van der Waals surface area (Å²) < 4.78 is 9.86. The number of rotatable bonds is 3. The summed E-state index contributed by atoms with van der Waals surface area (Å²) in [7, 11) is 0.530. The molecule has 100 valence electrons. The number of nitrogens with zero attached hydrogens (tertiary/aromatic N) is 2. The molecule has 2 heterocycles. The highest BCUT2D eigenvalue weighted by Crippen LogP contribution is 2.51. The minimum absolute atomic E-state index is 0.0177. The number of hydrogen-bond acceptors (Lipinski definition) is 5. The van der Waals surface area contributed by atoms with Crippen molar-refractivity contribution in [2.75, 3.05) is 26.6 Å². The van der Waals surface area contributed by atoms with Gasteiger partial charge in [-0.1, -0.05) is 11.6 Å². The molecule has 2 rings (SSSR count). The number of methoxy groups -OCH3 is 1. The lowest BCUT2D eigenvalue weighted by Gasteiger charge is -2.45. The zero-order chi connectivity index (χ0) is 13.3. The Morgan fingerprint density at radius 3 is 2.72 bits per heavy atom. The highest BCUT2D eigenvalue weighted by atomic mass is 35.5. The minimum Gasteiger partial charge on any atom is -0.495 e. The second-order valence-corrected chi connectivity index (χ2v) is 7.40. The lowest BCUT2D eigenvalue weighted by atomic mass is 10.1. The summed E-state index contributed by atoms with van der Waals surface area (Å²) in [6, 6.07) is 1.54. The molecule has 0 amide bonds. The molecule has 5 nitrogen and oxygen atoms in total. The standard InChI is InChI=1S/C10H13ClN2O3S2/c1-15-7-3-6(11)12-8(13-7)10(4-16-5-10)18(2)9(14)17/h3,18H,4-5H2,1-2H3,(H,14,17). The Labute approximate surface area is 118 Å². The number of ether oxygens (including phenoxy) is 2. The van der Waals surface area contributed by atoms with Gasteiger partial charge in [0.2, 0.25) is 5.88 Å². The Kier molecular flexibility index (Phi) is 3.96. The van der Waals surface area contributed by atoms with E-state index in [0.29, 0.717) is 30.1 Å². The molecule has 1 aromatic heterocycles. The van der Waals surface area contributed by atoms with E-state index >= 15 is 0 Å². The quantitative estimate of drug-likeness (QED) is 0.505. The topological polar surface area (TPSA) is 64.5 Å². The third-order valence-electron chi connectivity index (χ3n) is 2.91. The molecule has 1 saturated heterocycles. The summed E-state index contributed by atoms with van der Waals surface area (Å²) in [5.41, 5.74) is 0. The second-order valence-electron chi connectivity index (χ2n) is 3.92. The van der Waals surface area contributed by atoms with Crippen molar-refractivity contribution in [3.63, 3.8) is 0 Å². The van der Waals surface area contributed by atoms with Gasteiger partial charge < -0.3 is 14.6 Å². The highest BCUT2D eigenvalue weighted by Gasteiger charge is 2.48. The molecule has 18 heavy (non-hydrogen) atoms. The average molecular weight is 309 g/mol. The summed E-state index contributed by atoms with van der Waals surface area (Å²) in [5.74, 6) is 0.909. The van der Waals surface area contributed by atoms with Crippen molar-refractivity contribution in [1.82, 2.24) is 9.97 Å². The van der Waals surface area contributed by atoms with E-state index < -0.39 is 15.6 Å². The van der Waals surface area contributed by atoms with Crippen molar-refractivity contribution in [2.24, 2.45) is 0 Å². The molecule has 1 aromatic rings. The van der Waals surface area contributed by atoms with Gasteiger partial charge in [0.15, 0.2) is 10.2 Å². The number of aliphatic hydroxyl groups is 1. The van der Waals surface area contributed by atoms with Crippen molar-refractivity contribution < 1.29 is 14.6 Å². The summed E-state index contributed by atoms with van der Waals surface area (Å²) in [4.78, 5) is 8.52. The third kappa shape index (κ3) is 2.27. The van der Waals surface area contributed by atoms with Crippen LogP contribution in [0.3, 0.4) is 0 Å². The van der Waals surface area contributed by atoms with E-state index in [0.717, 1.165) is 0 Å². The van der Waals surface area contributed by atoms with Crippen LogP contribution in [0.1, 0.15) is 5.82 Å². The first-order chi connectivity index (χ1) is 8.49. The lowest BCUT2D eigenvalue weighted by Crippen LogP contribution is -2.48. The van der Waals surface area contributed by atoms with Crippen molar-refractivity contribution in [3.8, 4) is 5.88 Å². The van der Waals surface area contributed by atoms with Crippen LogP contribution >= 0.6 is 34.7 Å². The summed E-state index contributed by atoms with van der Waals surface area (Å²) in [6.45, 7) is 0.860. The normalized spacial score (nSPS) is 19.8. The van der Waals surface area contributed by atoms with Crippen LogP contribution in [-0.2, 0) is 9.48 Å². The Balaban J connectivity index is 2.44. The molecule has 0 bridgehead atoms. The van der Waals surface area contributed by atoms with E-state index in [2.05, 4.69) is 9.97 Å². The van der Waals surface area contributed by atoms with E-state index in [-0.39, 0.29) is 4.38 Å². The van der Waals surface area contributed by atoms with E-state index in [4.69, 9.17) is 33.3 Å². The van der Waals surface area contributed by atoms with Gasteiger partial charge in [0.25, 0.3) is 0 Å². The van der Waals surface area contributed by atoms with Crippen LogP contribution in [0, 0.1) is 0 Å². The molecule has 1 atom stereocenters. The van der Waals surface area contributed by atoms with E-state index in [1.165, 1.54) is 13.2 Å². The van der Waals surface area contributed by atoms with E-state index in [1.807, 2.05) is 6.26 Å². The largest absolute Gasteiger partial charge is 0.495 e. The maximum Gasteiger partial charge on any atom is 0.217 e. The molecule has 1 N–H and O–H groups in total. The molecule has 1 unspecified atom stereocenters. The molecule has 8 heteroatoms. The molecule has 0 aromatic carbocycles. The van der Waals surface area contributed by atoms with Crippen LogP contribution in [0.25, 0.3) is 0 Å². The predicted octanol–water partition coefficient (Wildman–Crippen LogP) is 1.84. The summed E-state index contributed by atoms with van der Waals surface area (Å²) in [5, 5.41) is 9.86. The fourth-order valence-corrected chi connectivity index (χ4v) is 3.69. The molecule has 0 spiro atoms. The van der Waals surface area contributed by atoms with Crippen molar-refractivity contribution in [1.29, 1.82) is 0 Å². The van der Waals surface area contributed by atoms with Crippen LogP contribution in [0.2, 0.25) is 5.15 Å². The van der Waals surface area contributed by atoms with Crippen LogP contribution in [0.4, 0.5) is 0 Å². The highest BCUT2D eigenvalue weighted by molar-refractivity contribution is 8.35. The zero-order valence-electron chi connectivity index (χ0n) is 9.88. The second kappa shape index (κ2) is 5.16.